The van der Waals surface area contributed by atoms with Crippen LogP contribution in [0.15, 0.2) is 34.2 Å². The second kappa shape index (κ2) is 4.70. The molecule has 0 radical (unpaired) electrons. The number of nitrogens with zero attached hydrogens (tertiary/aromatic N) is 3. The Morgan fingerprint density at radius 1 is 1.50 bits per heavy atom. The minimum absolute atomic E-state index is 0.187. The molecule has 2 aromatic heterocycles. The Labute approximate surface area is 101 Å². The van der Waals surface area contributed by atoms with Crippen molar-refractivity contribution in [2.45, 2.75) is 6.54 Å². The van der Waals surface area contributed by atoms with Gasteiger partial charge in [0.05, 0.1) is 0 Å². The van der Waals surface area contributed by atoms with Crippen LogP contribution in [0.1, 0.15) is 0 Å². The number of carbonyl (C=O) groups is 1. The third-order valence-electron chi connectivity index (χ3n) is 2.33. The maximum atomic E-state index is 11.6. The number of H-pyrrole nitrogens is 1. The maximum Gasteiger partial charge on any atom is 0.331 e. The van der Waals surface area contributed by atoms with Crippen LogP contribution in [0, 0.1) is 0 Å². The normalized spacial score (nSPS) is 10.3. The summed E-state index contributed by atoms with van der Waals surface area (Å²) in [5.41, 5.74) is -0.959. The van der Waals surface area contributed by atoms with Crippen LogP contribution >= 0.6 is 0 Å². The zero-order valence-corrected chi connectivity index (χ0v) is 9.58. The van der Waals surface area contributed by atoms with Gasteiger partial charge in [-0.25, -0.2) is 9.78 Å². The van der Waals surface area contributed by atoms with Crippen molar-refractivity contribution in [1.82, 2.24) is 19.1 Å². The number of carbonyl (C=O) groups excluding carboxylic acids is 1. The van der Waals surface area contributed by atoms with Crippen LogP contribution < -0.4 is 16.6 Å². The Kier molecular flexibility index (Phi) is 3.09. The zero-order chi connectivity index (χ0) is 13.1. The molecule has 8 heteroatoms. The Bertz CT molecular complexity index is 668. The highest BCUT2D eigenvalue weighted by Gasteiger charge is 2.07. The summed E-state index contributed by atoms with van der Waals surface area (Å²) in [5, 5.41) is 2.48. The van der Waals surface area contributed by atoms with E-state index in [1.54, 1.807) is 6.20 Å². The van der Waals surface area contributed by atoms with Crippen molar-refractivity contribution < 1.29 is 4.79 Å². The lowest BCUT2D eigenvalue weighted by atomic mass is 10.5. The predicted molar refractivity (Wildman–Crippen MR) is 63.2 cm³/mol. The van der Waals surface area contributed by atoms with Gasteiger partial charge in [0, 0.05) is 31.7 Å². The average Bonchev–Trinajstić information content (AvgIpc) is 2.83. The molecule has 0 aliphatic rings. The van der Waals surface area contributed by atoms with Gasteiger partial charge in [-0.2, -0.15) is 0 Å². The molecule has 0 aliphatic carbocycles. The van der Waals surface area contributed by atoms with Crippen LogP contribution in [-0.4, -0.2) is 25.0 Å². The first kappa shape index (κ1) is 11.8. The van der Waals surface area contributed by atoms with E-state index in [2.05, 4.69) is 15.3 Å². The van der Waals surface area contributed by atoms with Crippen molar-refractivity contribution >= 4 is 11.9 Å². The molecule has 0 atom stereocenters. The van der Waals surface area contributed by atoms with Crippen LogP contribution in [0.5, 0.6) is 0 Å². The lowest BCUT2D eigenvalue weighted by Crippen LogP contribution is -2.39. The molecule has 0 unspecified atom stereocenters. The van der Waals surface area contributed by atoms with Crippen molar-refractivity contribution in [2.75, 3.05) is 5.32 Å². The summed E-state index contributed by atoms with van der Waals surface area (Å²) >= 11 is 0. The van der Waals surface area contributed by atoms with Gasteiger partial charge in [-0.15, -0.1) is 0 Å². The van der Waals surface area contributed by atoms with E-state index in [1.807, 2.05) is 0 Å². The molecular formula is C10H11N5O3. The topological polar surface area (TPSA) is 102 Å². The highest BCUT2D eigenvalue weighted by atomic mass is 16.2. The van der Waals surface area contributed by atoms with Gasteiger partial charge in [-0.1, -0.05) is 0 Å². The van der Waals surface area contributed by atoms with E-state index < -0.39 is 17.2 Å². The minimum Gasteiger partial charge on any atom is -0.331 e. The Morgan fingerprint density at radius 3 is 2.94 bits per heavy atom. The van der Waals surface area contributed by atoms with Gasteiger partial charge < -0.3 is 4.98 Å². The molecule has 0 saturated carbocycles. The van der Waals surface area contributed by atoms with E-state index in [0.717, 1.165) is 9.13 Å². The lowest BCUT2D eigenvalue weighted by molar-refractivity contribution is -0.116. The van der Waals surface area contributed by atoms with Gasteiger partial charge in [0.2, 0.25) is 11.9 Å². The number of aromatic amines is 1. The molecular weight excluding hydrogens is 238 g/mol. The number of hydrogen-bond donors (Lipinski definition) is 2. The van der Waals surface area contributed by atoms with Crippen molar-refractivity contribution in [3.05, 3.63) is 45.5 Å². The van der Waals surface area contributed by atoms with E-state index >= 15 is 0 Å². The summed E-state index contributed by atoms with van der Waals surface area (Å²) in [6, 6.07) is 1.22. The van der Waals surface area contributed by atoms with Gasteiger partial charge in [-0.3, -0.25) is 24.0 Å². The minimum atomic E-state index is -0.544. The fraction of sp³-hybridized carbons (Fsp3) is 0.200. The van der Waals surface area contributed by atoms with Crippen LogP contribution in [0.2, 0.25) is 0 Å². The van der Waals surface area contributed by atoms with Gasteiger partial charge in [0.1, 0.15) is 6.54 Å². The molecule has 2 rings (SSSR count). The monoisotopic (exact) mass is 249 g/mol. The summed E-state index contributed by atoms with van der Waals surface area (Å²) in [7, 11) is 1.35. The van der Waals surface area contributed by atoms with Gasteiger partial charge in [0.25, 0.3) is 5.56 Å². The molecule has 0 bridgehead atoms. The molecule has 1 amide bonds. The largest absolute Gasteiger partial charge is 0.331 e. The number of hydrogen-bond acceptors (Lipinski definition) is 4. The fourth-order valence-electron chi connectivity index (χ4n) is 1.40. The van der Waals surface area contributed by atoms with E-state index in [4.69, 9.17) is 0 Å². The third kappa shape index (κ3) is 2.37. The first-order valence-electron chi connectivity index (χ1n) is 5.13. The van der Waals surface area contributed by atoms with E-state index in [0.29, 0.717) is 5.95 Å². The lowest BCUT2D eigenvalue weighted by Gasteiger charge is -2.06. The number of imidazole rings is 1. The summed E-state index contributed by atoms with van der Waals surface area (Å²) < 4.78 is 2.07. The van der Waals surface area contributed by atoms with Crippen molar-refractivity contribution in [2.24, 2.45) is 7.05 Å². The molecule has 0 aliphatic heterocycles. The molecule has 2 N–H and O–H groups in total. The fourth-order valence-corrected chi connectivity index (χ4v) is 1.40. The second-order valence-electron chi connectivity index (χ2n) is 3.61. The second-order valence-corrected chi connectivity index (χ2v) is 3.61. The molecule has 0 saturated heterocycles. The van der Waals surface area contributed by atoms with Crippen LogP contribution in [0.3, 0.4) is 0 Å². The highest BCUT2D eigenvalue weighted by molar-refractivity contribution is 5.88. The summed E-state index contributed by atoms with van der Waals surface area (Å²) in [6.07, 6.45) is 4.34. The molecule has 2 aromatic rings. The number of aromatic nitrogens is 4. The standard InChI is InChI=1S/C10H11N5O3/c1-14-8(17)2-5-15(10(14)18)6-7(16)13-9-11-3-4-12-9/h2-5H,6H2,1H3,(H2,11,12,13,16). The van der Waals surface area contributed by atoms with Crippen LogP contribution in [0.4, 0.5) is 5.95 Å². The van der Waals surface area contributed by atoms with Gasteiger partial charge >= 0.3 is 5.69 Å². The van der Waals surface area contributed by atoms with Crippen molar-refractivity contribution in [1.29, 1.82) is 0 Å². The average molecular weight is 249 g/mol. The number of amides is 1. The Balaban J connectivity index is 2.15. The molecule has 18 heavy (non-hydrogen) atoms. The van der Waals surface area contributed by atoms with Gasteiger partial charge in [0.15, 0.2) is 0 Å². The van der Waals surface area contributed by atoms with Crippen LogP contribution in [0.25, 0.3) is 0 Å². The van der Waals surface area contributed by atoms with E-state index in [-0.39, 0.29) is 6.54 Å². The van der Waals surface area contributed by atoms with Crippen molar-refractivity contribution in [3.8, 4) is 0 Å². The first-order valence-corrected chi connectivity index (χ1v) is 5.13. The predicted octanol–water partition coefficient (Wildman–Crippen LogP) is -1.09. The smallest absolute Gasteiger partial charge is 0.331 e. The summed E-state index contributed by atoms with van der Waals surface area (Å²) in [6.45, 7) is -0.187. The Morgan fingerprint density at radius 2 is 2.28 bits per heavy atom. The highest BCUT2D eigenvalue weighted by Crippen LogP contribution is 1.94. The maximum absolute atomic E-state index is 11.6. The van der Waals surface area contributed by atoms with Crippen molar-refractivity contribution in [3.63, 3.8) is 0 Å². The van der Waals surface area contributed by atoms with E-state index in [9.17, 15) is 14.4 Å². The van der Waals surface area contributed by atoms with Crippen LogP contribution in [-0.2, 0) is 18.4 Å². The quantitative estimate of drug-likeness (QED) is 0.721. The first-order chi connectivity index (χ1) is 8.58. The Hall–Kier alpha value is -2.64. The molecule has 0 spiro atoms. The SMILES string of the molecule is Cn1c(=O)ccn(CC(=O)Nc2ncc[nH]2)c1=O. The van der Waals surface area contributed by atoms with E-state index in [1.165, 1.54) is 25.5 Å². The molecule has 0 fully saturated rings. The summed E-state index contributed by atoms with van der Waals surface area (Å²) in [4.78, 5) is 41.0. The molecule has 8 nitrogen and oxygen atoms in total. The molecule has 0 aromatic carbocycles. The molecule has 2 heterocycles. The molecule has 94 valence electrons. The van der Waals surface area contributed by atoms with Gasteiger partial charge in [-0.05, 0) is 0 Å². The third-order valence-corrected chi connectivity index (χ3v) is 2.33. The zero-order valence-electron chi connectivity index (χ0n) is 9.58. The number of anilines is 1. The summed E-state index contributed by atoms with van der Waals surface area (Å²) in [5.74, 6) is -0.108. The number of nitrogens with one attached hydrogen (secondary N) is 2. The number of rotatable bonds is 3.